The molecule has 0 radical (unpaired) electrons. The fraction of sp³-hybridized carbons (Fsp3) is 0.667. The van der Waals surface area contributed by atoms with Crippen LogP contribution in [0.5, 0.6) is 0 Å². The molecule has 0 aliphatic rings. The van der Waals surface area contributed by atoms with Crippen LogP contribution in [0.2, 0.25) is 0 Å². The van der Waals surface area contributed by atoms with Gasteiger partial charge in [0.2, 0.25) is 0 Å². The first-order valence-electron chi connectivity index (χ1n) is 8.94. The van der Waals surface area contributed by atoms with Gasteiger partial charge in [0.15, 0.2) is 16.9 Å². The Morgan fingerprint density at radius 1 is 0.621 bits per heavy atom. The second-order valence-corrected chi connectivity index (χ2v) is 5.50. The molecule has 0 aliphatic heterocycles. The van der Waals surface area contributed by atoms with Crippen molar-refractivity contribution in [1.82, 2.24) is 0 Å². The van der Waals surface area contributed by atoms with Crippen molar-refractivity contribution in [3.8, 4) is 0 Å². The maximum Gasteiger partial charge on any atom is 0.331 e. The largest absolute Gasteiger partial charge is 0.466 e. The number of rotatable bonds is 12. The van der Waals surface area contributed by atoms with Crippen LogP contribution in [0.25, 0.3) is 0 Å². The van der Waals surface area contributed by atoms with Gasteiger partial charge in [-0.1, -0.05) is 0 Å². The van der Waals surface area contributed by atoms with Crippen LogP contribution in [0, 0.1) is 0 Å². The summed E-state index contributed by atoms with van der Waals surface area (Å²) in [7, 11) is 0. The van der Waals surface area contributed by atoms with Crippen molar-refractivity contribution < 1.29 is 47.7 Å². The molecule has 0 aromatic heterocycles. The molecule has 0 N–H and O–H groups in total. The van der Waals surface area contributed by atoms with Crippen molar-refractivity contribution in [3.63, 3.8) is 0 Å². The Morgan fingerprint density at radius 3 is 1.31 bits per heavy atom. The number of carbonyl (C=O) groups is 6. The smallest absolute Gasteiger partial charge is 0.331 e. The minimum atomic E-state index is -1.44. The zero-order chi connectivity index (χ0) is 22.8. The molecule has 0 saturated carbocycles. The number of halogens is 1. The second kappa shape index (κ2) is 17.6. The Bertz CT molecular complexity index is 551. The Balaban J connectivity index is 0. The van der Waals surface area contributed by atoms with Gasteiger partial charge in [0.25, 0.3) is 0 Å². The van der Waals surface area contributed by atoms with E-state index in [-0.39, 0.29) is 39.3 Å². The van der Waals surface area contributed by atoms with Gasteiger partial charge < -0.3 is 18.9 Å². The lowest BCUT2D eigenvalue weighted by molar-refractivity contribution is -0.151. The lowest BCUT2D eigenvalue weighted by Gasteiger charge is -2.07. The van der Waals surface area contributed by atoms with Gasteiger partial charge in [0, 0.05) is 0 Å². The Kier molecular flexibility index (Phi) is 17.4. The number of ether oxygens (including phenoxy) is 4. The van der Waals surface area contributed by atoms with E-state index >= 15 is 0 Å². The van der Waals surface area contributed by atoms with E-state index in [2.05, 4.69) is 18.9 Å². The maximum atomic E-state index is 11.2. The van der Waals surface area contributed by atoms with Gasteiger partial charge in [-0.05, 0) is 27.7 Å². The molecular formula is C18H27ClO10. The lowest BCUT2D eigenvalue weighted by Crippen LogP contribution is -2.29. The number of carbonyl (C=O) groups excluding carboxylic acids is 6. The summed E-state index contributed by atoms with van der Waals surface area (Å²) in [5.41, 5.74) is 0. The molecule has 0 aliphatic carbocycles. The summed E-state index contributed by atoms with van der Waals surface area (Å²) < 4.78 is 18.1. The van der Waals surface area contributed by atoms with Crippen LogP contribution in [0.1, 0.15) is 47.0 Å². The summed E-state index contributed by atoms with van der Waals surface area (Å²) in [6, 6.07) is 0. The molecule has 11 heteroatoms. The van der Waals surface area contributed by atoms with Crippen LogP contribution in [0.4, 0.5) is 0 Å². The van der Waals surface area contributed by atoms with Crippen molar-refractivity contribution in [2.75, 3.05) is 26.4 Å². The van der Waals surface area contributed by atoms with Crippen molar-refractivity contribution >= 4 is 47.0 Å². The fourth-order valence-electron chi connectivity index (χ4n) is 1.60. The van der Waals surface area contributed by atoms with Crippen LogP contribution < -0.4 is 0 Å². The van der Waals surface area contributed by atoms with Gasteiger partial charge in [0.05, 0.1) is 26.4 Å². The van der Waals surface area contributed by atoms with Crippen molar-refractivity contribution in [2.24, 2.45) is 0 Å². The molecule has 10 nitrogen and oxygen atoms in total. The SMILES string of the molecule is CCOC(=O)CC(=O)C(Cl)C(=O)OCC.CCOC(=O)CC(=O)CC(=O)OCC. The number of hydrogen-bond acceptors (Lipinski definition) is 10. The number of esters is 4. The van der Waals surface area contributed by atoms with Crippen molar-refractivity contribution in [3.05, 3.63) is 0 Å². The van der Waals surface area contributed by atoms with Crippen molar-refractivity contribution in [1.29, 1.82) is 0 Å². The first-order valence-corrected chi connectivity index (χ1v) is 9.38. The molecule has 0 saturated heterocycles. The van der Waals surface area contributed by atoms with Gasteiger partial charge >= 0.3 is 23.9 Å². The Morgan fingerprint density at radius 2 is 0.966 bits per heavy atom. The first-order chi connectivity index (χ1) is 13.6. The molecular weight excluding hydrogens is 412 g/mol. The number of hydrogen-bond donors (Lipinski definition) is 0. The summed E-state index contributed by atoms with van der Waals surface area (Å²) in [5.74, 6) is -3.95. The highest BCUT2D eigenvalue weighted by Crippen LogP contribution is 2.05. The Hall–Kier alpha value is -2.49. The van der Waals surface area contributed by atoms with Crippen LogP contribution in [0.15, 0.2) is 0 Å². The Labute approximate surface area is 174 Å². The molecule has 0 heterocycles. The van der Waals surface area contributed by atoms with E-state index in [0.29, 0.717) is 0 Å². The normalized spacial score (nSPS) is 10.5. The summed E-state index contributed by atoms with van der Waals surface area (Å²) in [6.07, 6.45) is -1.25. The molecule has 0 aromatic carbocycles. The molecule has 1 unspecified atom stereocenters. The molecule has 166 valence electrons. The minimum Gasteiger partial charge on any atom is -0.466 e. The minimum absolute atomic E-state index is 0.134. The monoisotopic (exact) mass is 438 g/mol. The van der Waals surface area contributed by atoms with E-state index in [1.165, 1.54) is 0 Å². The van der Waals surface area contributed by atoms with Crippen molar-refractivity contribution in [2.45, 2.75) is 52.3 Å². The standard InChI is InChI=1S/C9H13ClO5.C9H14O5/c1-3-14-7(12)5-6(11)8(10)9(13)15-4-2;1-3-13-8(11)5-7(10)6-9(12)14-4-2/h8H,3-5H2,1-2H3;3-6H2,1-2H3. The molecule has 29 heavy (non-hydrogen) atoms. The highest BCUT2D eigenvalue weighted by atomic mass is 35.5. The lowest BCUT2D eigenvalue weighted by atomic mass is 10.2. The quantitative estimate of drug-likeness (QED) is 0.188. The molecule has 1 atom stereocenters. The van der Waals surface area contributed by atoms with E-state index in [4.69, 9.17) is 11.6 Å². The number of Topliss-reactive ketones (excluding diaryl/α,β-unsaturated/α-hetero) is 2. The highest BCUT2D eigenvalue weighted by Gasteiger charge is 2.27. The predicted molar refractivity (Wildman–Crippen MR) is 100 cm³/mol. The van der Waals surface area contributed by atoms with Gasteiger partial charge in [0.1, 0.15) is 19.3 Å². The van der Waals surface area contributed by atoms with Crippen LogP contribution in [-0.4, -0.2) is 67.2 Å². The van der Waals surface area contributed by atoms with Gasteiger partial charge in [-0.3, -0.25) is 24.0 Å². The summed E-state index contributed by atoms with van der Waals surface area (Å²) in [6.45, 7) is 7.27. The van der Waals surface area contributed by atoms with Gasteiger partial charge in [-0.2, -0.15) is 0 Å². The van der Waals surface area contributed by atoms with Crippen LogP contribution in [-0.2, 0) is 47.7 Å². The zero-order valence-electron chi connectivity index (χ0n) is 17.0. The third kappa shape index (κ3) is 16.2. The van der Waals surface area contributed by atoms with Gasteiger partial charge in [-0.25, -0.2) is 4.79 Å². The maximum absolute atomic E-state index is 11.2. The summed E-state index contributed by atoms with van der Waals surface area (Å²) in [4.78, 5) is 65.7. The van der Waals surface area contributed by atoms with E-state index in [1.807, 2.05) is 0 Å². The zero-order valence-corrected chi connectivity index (χ0v) is 17.7. The molecule has 0 bridgehead atoms. The van der Waals surface area contributed by atoms with E-state index in [9.17, 15) is 28.8 Å². The molecule has 0 spiro atoms. The molecule has 0 rings (SSSR count). The predicted octanol–water partition coefficient (Wildman–Crippen LogP) is 1.14. The van der Waals surface area contributed by atoms with E-state index in [1.54, 1.807) is 27.7 Å². The number of ketones is 2. The average molecular weight is 439 g/mol. The van der Waals surface area contributed by atoms with E-state index < -0.39 is 47.2 Å². The van der Waals surface area contributed by atoms with Crippen LogP contribution in [0.3, 0.4) is 0 Å². The summed E-state index contributed by atoms with van der Waals surface area (Å²) >= 11 is 5.47. The first kappa shape index (κ1) is 28.7. The fourth-order valence-corrected chi connectivity index (χ4v) is 1.74. The van der Waals surface area contributed by atoms with E-state index in [0.717, 1.165) is 0 Å². The topological polar surface area (TPSA) is 139 Å². The third-order valence-corrected chi connectivity index (χ3v) is 3.12. The highest BCUT2D eigenvalue weighted by molar-refractivity contribution is 6.41. The average Bonchev–Trinajstić information content (AvgIpc) is 2.62. The van der Waals surface area contributed by atoms with Crippen LogP contribution >= 0.6 is 11.6 Å². The third-order valence-electron chi connectivity index (χ3n) is 2.69. The molecule has 0 amide bonds. The molecule has 0 aromatic rings. The van der Waals surface area contributed by atoms with Gasteiger partial charge in [-0.15, -0.1) is 11.6 Å². The second-order valence-electron chi connectivity index (χ2n) is 5.06. The summed E-state index contributed by atoms with van der Waals surface area (Å²) in [5, 5.41) is -1.44. The number of alkyl halides is 1. The molecule has 0 fully saturated rings.